The van der Waals surface area contributed by atoms with Crippen molar-refractivity contribution in [3.05, 3.63) is 70.7 Å². The third-order valence-electron chi connectivity index (χ3n) is 3.95. The summed E-state index contributed by atoms with van der Waals surface area (Å²) in [6, 6.07) is 10.6. The molecule has 0 saturated heterocycles. The Morgan fingerprint density at radius 1 is 1.31 bits per heavy atom. The van der Waals surface area contributed by atoms with Crippen molar-refractivity contribution < 1.29 is 14.4 Å². The predicted molar refractivity (Wildman–Crippen MR) is 97.6 cm³/mol. The second-order valence-electron chi connectivity index (χ2n) is 5.98. The molecule has 0 radical (unpaired) electrons. The first-order chi connectivity index (χ1) is 12.5. The largest absolute Gasteiger partial charge is 0.388 e. The molecule has 2 heterocycles. The summed E-state index contributed by atoms with van der Waals surface area (Å²) in [5, 5.41) is 14.8. The maximum Gasteiger partial charge on any atom is 0.292 e. The van der Waals surface area contributed by atoms with Crippen LogP contribution in [0.15, 0.2) is 53.3 Å². The average molecular weight is 372 g/mol. The maximum absolute atomic E-state index is 12.8. The zero-order valence-corrected chi connectivity index (χ0v) is 15.1. The molecule has 1 atom stereocenters. The van der Waals surface area contributed by atoms with E-state index in [1.165, 1.54) is 4.90 Å². The van der Waals surface area contributed by atoms with E-state index in [1.807, 2.05) is 12.1 Å². The molecule has 6 nitrogen and oxygen atoms in total. The van der Waals surface area contributed by atoms with E-state index < -0.39 is 6.10 Å². The predicted octanol–water partition coefficient (Wildman–Crippen LogP) is 3.72. The Bertz CT molecular complexity index is 892. The Kier molecular flexibility index (Phi) is 5.35. The van der Waals surface area contributed by atoms with E-state index in [0.29, 0.717) is 28.4 Å². The van der Waals surface area contributed by atoms with Gasteiger partial charge in [0.1, 0.15) is 5.69 Å². The summed E-state index contributed by atoms with van der Waals surface area (Å²) < 4.78 is 5.31. The molecule has 0 aliphatic heterocycles. The van der Waals surface area contributed by atoms with Crippen LogP contribution in [0.4, 0.5) is 0 Å². The number of carbonyl (C=O) groups excluding carboxylic acids is 1. The number of carbonyl (C=O) groups is 1. The van der Waals surface area contributed by atoms with Crippen LogP contribution in [0.3, 0.4) is 0 Å². The number of pyridine rings is 1. The van der Waals surface area contributed by atoms with Crippen LogP contribution in [0.5, 0.6) is 0 Å². The van der Waals surface area contributed by atoms with Crippen LogP contribution in [0.1, 0.15) is 34.7 Å². The first-order valence-corrected chi connectivity index (χ1v) is 8.43. The van der Waals surface area contributed by atoms with Gasteiger partial charge in [-0.3, -0.25) is 9.78 Å². The SMILES string of the molecule is CC(O)c1c(-c2ccc(Cl)cc2)noc1C(=O)N(C)Cc1cccnc1. The highest BCUT2D eigenvalue weighted by Gasteiger charge is 2.28. The van der Waals surface area contributed by atoms with Crippen molar-refractivity contribution >= 4 is 17.5 Å². The Balaban J connectivity index is 1.92. The standard InChI is InChI=1S/C19H18ClN3O3/c1-12(24)16-17(14-5-7-15(20)8-6-14)22-26-18(16)19(25)23(2)11-13-4-3-9-21-10-13/h3-10,12,24H,11H2,1-2H3. The molecule has 1 N–H and O–H groups in total. The Hall–Kier alpha value is -2.70. The quantitative estimate of drug-likeness (QED) is 0.739. The fraction of sp³-hybridized carbons (Fsp3) is 0.211. The van der Waals surface area contributed by atoms with Crippen molar-refractivity contribution in [2.24, 2.45) is 0 Å². The van der Waals surface area contributed by atoms with E-state index in [0.717, 1.165) is 5.56 Å². The lowest BCUT2D eigenvalue weighted by Crippen LogP contribution is -2.27. The fourth-order valence-corrected chi connectivity index (χ4v) is 2.79. The van der Waals surface area contributed by atoms with Crippen molar-refractivity contribution in [2.45, 2.75) is 19.6 Å². The third-order valence-corrected chi connectivity index (χ3v) is 4.20. The Labute approximate surface area is 156 Å². The molecule has 0 aliphatic rings. The summed E-state index contributed by atoms with van der Waals surface area (Å²) in [7, 11) is 1.66. The number of aliphatic hydroxyl groups is 1. The number of hydrogen-bond donors (Lipinski definition) is 1. The number of rotatable bonds is 5. The molecule has 1 amide bonds. The summed E-state index contributed by atoms with van der Waals surface area (Å²) >= 11 is 5.92. The lowest BCUT2D eigenvalue weighted by atomic mass is 10.0. The van der Waals surface area contributed by atoms with Crippen molar-refractivity contribution in [1.29, 1.82) is 0 Å². The normalized spacial score (nSPS) is 12.0. The minimum absolute atomic E-state index is 0.0244. The minimum atomic E-state index is -0.919. The van der Waals surface area contributed by atoms with Gasteiger partial charge in [0.2, 0.25) is 5.76 Å². The topological polar surface area (TPSA) is 79.5 Å². The third kappa shape index (κ3) is 3.76. The molecule has 0 fully saturated rings. The van der Waals surface area contributed by atoms with Gasteiger partial charge < -0.3 is 14.5 Å². The molecule has 26 heavy (non-hydrogen) atoms. The lowest BCUT2D eigenvalue weighted by molar-refractivity contribution is 0.0735. The highest BCUT2D eigenvalue weighted by atomic mass is 35.5. The van der Waals surface area contributed by atoms with Gasteiger partial charge in [0, 0.05) is 36.6 Å². The van der Waals surface area contributed by atoms with E-state index in [4.69, 9.17) is 16.1 Å². The van der Waals surface area contributed by atoms with Crippen LogP contribution in [0.25, 0.3) is 11.3 Å². The molecule has 7 heteroatoms. The van der Waals surface area contributed by atoms with E-state index in [2.05, 4.69) is 10.1 Å². The number of aromatic nitrogens is 2. The molecule has 3 rings (SSSR count). The Morgan fingerprint density at radius 2 is 2.04 bits per heavy atom. The summed E-state index contributed by atoms with van der Waals surface area (Å²) in [5.74, 6) is -0.339. The second kappa shape index (κ2) is 7.68. The summed E-state index contributed by atoms with van der Waals surface area (Å²) in [6.45, 7) is 1.94. The number of hydrogen-bond acceptors (Lipinski definition) is 5. The first kappa shape index (κ1) is 18.1. The number of halogens is 1. The number of aliphatic hydroxyl groups excluding tert-OH is 1. The second-order valence-corrected chi connectivity index (χ2v) is 6.42. The summed E-state index contributed by atoms with van der Waals surface area (Å²) in [6.07, 6.45) is 2.45. The first-order valence-electron chi connectivity index (χ1n) is 8.05. The van der Waals surface area contributed by atoms with Crippen LogP contribution < -0.4 is 0 Å². The number of amides is 1. The number of nitrogens with zero attached hydrogens (tertiary/aromatic N) is 3. The summed E-state index contributed by atoms with van der Waals surface area (Å²) in [4.78, 5) is 18.3. The van der Waals surface area contributed by atoms with Gasteiger partial charge in [0.25, 0.3) is 5.91 Å². The van der Waals surface area contributed by atoms with Gasteiger partial charge >= 0.3 is 0 Å². The van der Waals surface area contributed by atoms with Gasteiger partial charge in [-0.15, -0.1) is 0 Å². The van der Waals surface area contributed by atoms with Crippen molar-refractivity contribution in [2.75, 3.05) is 7.05 Å². The average Bonchev–Trinajstić information content (AvgIpc) is 3.07. The maximum atomic E-state index is 12.8. The van der Waals surface area contributed by atoms with Crippen molar-refractivity contribution in [3.63, 3.8) is 0 Å². The fourth-order valence-electron chi connectivity index (χ4n) is 2.67. The van der Waals surface area contributed by atoms with Crippen LogP contribution in [0, 0.1) is 0 Å². The molecule has 0 bridgehead atoms. The van der Waals surface area contributed by atoms with Gasteiger partial charge in [-0.2, -0.15) is 0 Å². The number of benzene rings is 1. The van der Waals surface area contributed by atoms with Crippen LogP contribution >= 0.6 is 11.6 Å². The van der Waals surface area contributed by atoms with Crippen LogP contribution in [-0.4, -0.2) is 33.1 Å². The van der Waals surface area contributed by atoms with E-state index in [1.54, 1.807) is 50.6 Å². The highest BCUT2D eigenvalue weighted by Crippen LogP contribution is 2.32. The highest BCUT2D eigenvalue weighted by molar-refractivity contribution is 6.30. The monoisotopic (exact) mass is 371 g/mol. The smallest absolute Gasteiger partial charge is 0.292 e. The molecular formula is C19H18ClN3O3. The van der Waals surface area contributed by atoms with Crippen LogP contribution in [-0.2, 0) is 6.54 Å². The van der Waals surface area contributed by atoms with Gasteiger partial charge in [0.05, 0.1) is 11.7 Å². The van der Waals surface area contributed by atoms with Gasteiger partial charge in [-0.1, -0.05) is 35.0 Å². The molecule has 0 aliphatic carbocycles. The zero-order valence-electron chi connectivity index (χ0n) is 14.4. The van der Waals surface area contributed by atoms with Crippen molar-refractivity contribution in [3.8, 4) is 11.3 Å². The molecule has 1 aromatic carbocycles. The van der Waals surface area contributed by atoms with Crippen molar-refractivity contribution in [1.82, 2.24) is 15.0 Å². The minimum Gasteiger partial charge on any atom is -0.388 e. The summed E-state index contributed by atoms with van der Waals surface area (Å²) in [5.41, 5.74) is 2.38. The lowest BCUT2D eigenvalue weighted by Gasteiger charge is -2.16. The van der Waals surface area contributed by atoms with E-state index in [9.17, 15) is 9.90 Å². The molecular weight excluding hydrogens is 354 g/mol. The molecule has 134 valence electrons. The molecule has 1 unspecified atom stereocenters. The van der Waals surface area contributed by atoms with Gasteiger partial charge in [-0.05, 0) is 30.7 Å². The van der Waals surface area contributed by atoms with Crippen LogP contribution in [0.2, 0.25) is 5.02 Å². The molecule has 3 aromatic rings. The van der Waals surface area contributed by atoms with E-state index in [-0.39, 0.29) is 11.7 Å². The Morgan fingerprint density at radius 3 is 2.65 bits per heavy atom. The molecule has 2 aromatic heterocycles. The zero-order chi connectivity index (χ0) is 18.7. The molecule has 0 saturated carbocycles. The molecule has 0 spiro atoms. The van der Waals surface area contributed by atoms with Gasteiger partial charge in [-0.25, -0.2) is 0 Å². The van der Waals surface area contributed by atoms with Gasteiger partial charge in [0.15, 0.2) is 0 Å². The van der Waals surface area contributed by atoms with E-state index >= 15 is 0 Å².